The second-order valence-electron chi connectivity index (χ2n) is 8.50. The lowest BCUT2D eigenvalue weighted by Crippen LogP contribution is -2.39. The van der Waals surface area contributed by atoms with Crippen molar-refractivity contribution in [2.24, 2.45) is 11.7 Å². The van der Waals surface area contributed by atoms with Crippen molar-refractivity contribution in [3.63, 3.8) is 0 Å². The fourth-order valence-electron chi connectivity index (χ4n) is 4.51. The zero-order valence-electron chi connectivity index (χ0n) is 17.5. The van der Waals surface area contributed by atoms with E-state index in [9.17, 15) is 13.6 Å². The first-order chi connectivity index (χ1) is 15.3. The lowest BCUT2D eigenvalue weighted by atomic mass is 9.91. The van der Waals surface area contributed by atoms with Crippen LogP contribution in [0.25, 0.3) is 9.53 Å². The molecule has 1 fully saturated rings. The number of aromatic nitrogens is 2. The van der Waals surface area contributed by atoms with Crippen LogP contribution in [0.4, 0.5) is 20.3 Å². The van der Waals surface area contributed by atoms with Crippen LogP contribution in [0.5, 0.6) is 0 Å². The van der Waals surface area contributed by atoms with Gasteiger partial charge in [-0.15, -0.1) is 22.7 Å². The molecule has 32 heavy (non-hydrogen) atoms. The van der Waals surface area contributed by atoms with E-state index in [0.717, 1.165) is 14.5 Å². The summed E-state index contributed by atoms with van der Waals surface area (Å²) in [6.07, 6.45) is 1.56. The Bertz CT molecular complexity index is 1190. The maximum atomic E-state index is 15.0. The Hall–Kier alpha value is -2.37. The van der Waals surface area contributed by atoms with Gasteiger partial charge < -0.3 is 21.7 Å². The maximum absolute atomic E-state index is 15.0. The first-order valence-corrected chi connectivity index (χ1v) is 12.2. The molecule has 3 atom stereocenters. The predicted molar refractivity (Wildman–Crippen MR) is 124 cm³/mol. The highest BCUT2D eigenvalue weighted by Crippen LogP contribution is 2.37. The van der Waals surface area contributed by atoms with Crippen LogP contribution in [0.15, 0.2) is 6.07 Å². The summed E-state index contributed by atoms with van der Waals surface area (Å²) in [7, 11) is 0. The standard InChI is InChI=1S/C21H24F2N6OS2/c1-9-26-21-19(31-9)17(25)18(32-21)20(30)27-11-2-3-15-12(4-11)13(23)5-16(28-15)29-7-10(6-22)14(24)8-29/h5,10-11,14H,2-4,6-8,24-25H2,1H3,(H,27,30). The van der Waals surface area contributed by atoms with Crippen LogP contribution in [-0.4, -0.2) is 47.7 Å². The number of nitrogens with one attached hydrogen (secondary N) is 1. The molecule has 1 aliphatic carbocycles. The Kier molecular flexibility index (Phi) is 5.50. The molecule has 1 amide bonds. The number of fused-ring (bicyclic) bond motifs is 2. The van der Waals surface area contributed by atoms with Gasteiger partial charge >= 0.3 is 0 Å². The molecule has 2 aliphatic rings. The molecule has 7 nitrogen and oxygen atoms in total. The Morgan fingerprint density at radius 1 is 1.34 bits per heavy atom. The molecular formula is C21H24F2N6OS2. The third-order valence-electron chi connectivity index (χ3n) is 6.27. The van der Waals surface area contributed by atoms with E-state index < -0.39 is 6.67 Å². The van der Waals surface area contributed by atoms with Crippen LogP contribution in [-0.2, 0) is 12.8 Å². The van der Waals surface area contributed by atoms with Gasteiger partial charge in [0.2, 0.25) is 0 Å². The Labute approximate surface area is 191 Å². The van der Waals surface area contributed by atoms with Crippen LogP contribution in [0.3, 0.4) is 0 Å². The minimum Gasteiger partial charge on any atom is -0.396 e. The third-order valence-corrected chi connectivity index (χ3v) is 8.50. The summed E-state index contributed by atoms with van der Waals surface area (Å²) in [6.45, 7) is 2.32. The number of carbonyl (C=O) groups excluding carboxylic acids is 1. The summed E-state index contributed by atoms with van der Waals surface area (Å²) in [5.74, 6) is -0.354. The topological polar surface area (TPSA) is 110 Å². The van der Waals surface area contributed by atoms with E-state index >= 15 is 0 Å². The number of hydrogen-bond acceptors (Lipinski definition) is 8. The molecule has 4 heterocycles. The van der Waals surface area contributed by atoms with Crippen molar-refractivity contribution in [3.8, 4) is 0 Å². The Morgan fingerprint density at radius 2 is 2.16 bits per heavy atom. The number of rotatable bonds is 4. The summed E-state index contributed by atoms with van der Waals surface area (Å²) >= 11 is 2.75. The van der Waals surface area contributed by atoms with E-state index in [0.29, 0.717) is 60.0 Å². The number of thiazole rings is 1. The average molecular weight is 479 g/mol. The lowest BCUT2D eigenvalue weighted by Gasteiger charge is -2.27. The van der Waals surface area contributed by atoms with E-state index in [-0.39, 0.29) is 29.7 Å². The molecule has 3 aromatic heterocycles. The van der Waals surface area contributed by atoms with E-state index in [4.69, 9.17) is 11.5 Å². The maximum Gasteiger partial charge on any atom is 0.263 e. The van der Waals surface area contributed by atoms with Gasteiger partial charge in [0.15, 0.2) is 0 Å². The van der Waals surface area contributed by atoms with Gasteiger partial charge in [0.1, 0.15) is 21.3 Å². The van der Waals surface area contributed by atoms with E-state index in [1.54, 1.807) is 0 Å². The van der Waals surface area contributed by atoms with Crippen molar-refractivity contribution >= 4 is 49.6 Å². The number of nitrogen functional groups attached to an aromatic ring is 1. The number of anilines is 2. The van der Waals surface area contributed by atoms with Gasteiger partial charge in [-0.25, -0.2) is 14.4 Å². The van der Waals surface area contributed by atoms with Crippen molar-refractivity contribution in [2.75, 3.05) is 30.4 Å². The molecule has 1 saturated heterocycles. The van der Waals surface area contributed by atoms with Crippen LogP contribution < -0.4 is 21.7 Å². The molecule has 0 bridgehead atoms. The molecule has 0 saturated carbocycles. The minimum absolute atomic E-state index is 0.206. The quantitative estimate of drug-likeness (QED) is 0.532. The molecule has 1 aliphatic heterocycles. The van der Waals surface area contributed by atoms with Gasteiger partial charge in [0.25, 0.3) is 5.91 Å². The lowest BCUT2D eigenvalue weighted by molar-refractivity contribution is 0.0938. The molecule has 3 aromatic rings. The predicted octanol–water partition coefficient (Wildman–Crippen LogP) is 2.80. The summed E-state index contributed by atoms with van der Waals surface area (Å²) in [5.41, 5.74) is 13.8. The molecule has 3 unspecified atom stereocenters. The Balaban J connectivity index is 1.31. The van der Waals surface area contributed by atoms with Crippen molar-refractivity contribution in [2.45, 2.75) is 38.3 Å². The van der Waals surface area contributed by atoms with E-state index in [1.807, 2.05) is 11.8 Å². The van der Waals surface area contributed by atoms with Crippen LogP contribution in [0.2, 0.25) is 0 Å². The monoisotopic (exact) mass is 478 g/mol. The largest absolute Gasteiger partial charge is 0.396 e. The van der Waals surface area contributed by atoms with Crippen molar-refractivity contribution in [3.05, 3.63) is 33.0 Å². The summed E-state index contributed by atoms with van der Waals surface area (Å²) in [5, 5.41) is 3.91. The first kappa shape index (κ1) is 21.5. The van der Waals surface area contributed by atoms with Crippen LogP contribution in [0.1, 0.15) is 32.4 Å². The minimum atomic E-state index is -0.491. The summed E-state index contributed by atoms with van der Waals surface area (Å²) in [6, 6.07) is 0.914. The second kappa shape index (κ2) is 8.20. The fraction of sp³-hybridized carbons (Fsp3) is 0.476. The highest BCUT2D eigenvalue weighted by atomic mass is 32.1. The molecule has 0 aromatic carbocycles. The highest BCUT2D eigenvalue weighted by molar-refractivity contribution is 7.29. The van der Waals surface area contributed by atoms with E-state index in [1.165, 1.54) is 28.7 Å². The number of nitrogens with zero attached hydrogens (tertiary/aromatic N) is 3. The van der Waals surface area contributed by atoms with Crippen molar-refractivity contribution in [1.29, 1.82) is 0 Å². The SMILES string of the molecule is Cc1nc2sc(C(=O)NC3CCc4nc(N5CC(N)C(CF)C5)cc(F)c4C3)c(N)c2s1. The van der Waals surface area contributed by atoms with Gasteiger partial charge in [-0.1, -0.05) is 0 Å². The molecule has 5 N–H and O–H groups in total. The smallest absolute Gasteiger partial charge is 0.263 e. The number of thiophene rings is 1. The van der Waals surface area contributed by atoms with Gasteiger partial charge in [0.05, 0.1) is 22.1 Å². The first-order valence-electron chi connectivity index (χ1n) is 10.5. The molecule has 11 heteroatoms. The normalized spacial score (nSPS) is 23.0. The van der Waals surface area contributed by atoms with Crippen molar-refractivity contribution in [1.82, 2.24) is 15.3 Å². The second-order valence-corrected chi connectivity index (χ2v) is 10.7. The molecule has 170 valence electrons. The number of alkyl halides is 1. The van der Waals surface area contributed by atoms with E-state index in [2.05, 4.69) is 15.3 Å². The number of aryl methyl sites for hydroxylation is 2. The average Bonchev–Trinajstić information content (AvgIpc) is 3.41. The van der Waals surface area contributed by atoms with Gasteiger partial charge in [-0.2, -0.15) is 0 Å². The number of hydrogen-bond donors (Lipinski definition) is 3. The molecular weight excluding hydrogens is 454 g/mol. The molecule has 0 radical (unpaired) electrons. The summed E-state index contributed by atoms with van der Waals surface area (Å²) in [4.78, 5) is 25.0. The Morgan fingerprint density at radius 3 is 2.88 bits per heavy atom. The summed E-state index contributed by atoms with van der Waals surface area (Å²) < 4.78 is 28.9. The van der Waals surface area contributed by atoms with Crippen LogP contribution in [0, 0.1) is 18.7 Å². The highest BCUT2D eigenvalue weighted by Gasteiger charge is 2.33. The molecule has 0 spiro atoms. The number of halogens is 2. The zero-order valence-corrected chi connectivity index (χ0v) is 19.2. The number of pyridine rings is 1. The van der Waals surface area contributed by atoms with Gasteiger partial charge in [0, 0.05) is 48.4 Å². The zero-order chi connectivity index (χ0) is 22.6. The van der Waals surface area contributed by atoms with Crippen molar-refractivity contribution < 1.29 is 13.6 Å². The van der Waals surface area contributed by atoms with Gasteiger partial charge in [-0.05, 0) is 26.2 Å². The third kappa shape index (κ3) is 3.71. The number of amides is 1. The van der Waals surface area contributed by atoms with Gasteiger partial charge in [-0.3, -0.25) is 9.18 Å². The van der Waals surface area contributed by atoms with Crippen LogP contribution >= 0.6 is 22.7 Å². The fourth-order valence-corrected chi connectivity index (χ4v) is 6.60. The number of nitrogens with two attached hydrogens (primary N) is 2. The molecule has 5 rings (SSSR count). The number of carbonyl (C=O) groups is 1.